The predicted octanol–water partition coefficient (Wildman–Crippen LogP) is 3.25. The Morgan fingerprint density at radius 2 is 1.61 bits per heavy atom. The average molecular weight is 250 g/mol. The zero-order valence-electron chi connectivity index (χ0n) is 12.2. The van der Waals surface area contributed by atoms with Gasteiger partial charge in [-0.25, -0.2) is 4.98 Å². The van der Waals surface area contributed by atoms with Crippen LogP contribution in [0, 0.1) is 11.8 Å². The number of rotatable bonds is 6. The van der Waals surface area contributed by atoms with Crippen LogP contribution in [0.4, 0.5) is 5.82 Å². The van der Waals surface area contributed by atoms with Crippen LogP contribution in [0.15, 0.2) is 18.3 Å². The quantitative estimate of drug-likeness (QED) is 0.842. The van der Waals surface area contributed by atoms with Crippen LogP contribution in [0.2, 0.25) is 0 Å². The lowest BCUT2D eigenvalue weighted by Crippen LogP contribution is -2.32. The third kappa shape index (κ3) is 4.65. The minimum absolute atomic E-state index is 0.449. The van der Waals surface area contributed by atoms with Gasteiger partial charge in [0.05, 0.1) is 6.10 Å². The molecule has 0 radical (unpaired) electrons. The summed E-state index contributed by atoms with van der Waals surface area (Å²) in [5, 5.41) is 9.49. The smallest absolute Gasteiger partial charge is 0.128 e. The second-order valence-corrected chi connectivity index (χ2v) is 5.82. The van der Waals surface area contributed by atoms with Crippen LogP contribution >= 0.6 is 0 Å². The van der Waals surface area contributed by atoms with Crippen molar-refractivity contribution in [3.05, 3.63) is 23.9 Å². The van der Waals surface area contributed by atoms with Gasteiger partial charge in [-0.3, -0.25) is 0 Å². The number of aromatic nitrogens is 1. The Morgan fingerprint density at radius 3 is 1.94 bits per heavy atom. The van der Waals surface area contributed by atoms with Gasteiger partial charge in [0.15, 0.2) is 0 Å². The molecule has 102 valence electrons. The highest BCUT2D eigenvalue weighted by Gasteiger charge is 2.12. The summed E-state index contributed by atoms with van der Waals surface area (Å²) in [4.78, 5) is 6.79. The summed E-state index contributed by atoms with van der Waals surface area (Å²) in [6.45, 7) is 12.7. The molecule has 0 aliphatic heterocycles. The molecule has 1 N–H and O–H groups in total. The molecular formula is C15H26N2O. The maximum absolute atomic E-state index is 9.49. The van der Waals surface area contributed by atoms with Gasteiger partial charge in [0.25, 0.3) is 0 Å². The van der Waals surface area contributed by atoms with Gasteiger partial charge in [-0.15, -0.1) is 0 Å². The molecule has 1 aromatic rings. The van der Waals surface area contributed by atoms with Gasteiger partial charge in [-0.05, 0) is 30.4 Å². The standard InChI is InChI=1S/C15H26N2O/c1-11(2)9-17(10-12(3)4)15-7-6-14(8-16-15)13(5)18/h6-8,11-13,18H,9-10H2,1-5H3. The largest absolute Gasteiger partial charge is 0.389 e. The summed E-state index contributed by atoms with van der Waals surface area (Å²) in [5.41, 5.74) is 0.868. The van der Waals surface area contributed by atoms with Crippen molar-refractivity contribution in [3.63, 3.8) is 0 Å². The lowest BCUT2D eigenvalue weighted by molar-refractivity contribution is 0.199. The van der Waals surface area contributed by atoms with E-state index < -0.39 is 6.10 Å². The third-order valence-corrected chi connectivity index (χ3v) is 2.75. The van der Waals surface area contributed by atoms with Crippen LogP contribution in [0.25, 0.3) is 0 Å². The van der Waals surface area contributed by atoms with Gasteiger partial charge in [0.2, 0.25) is 0 Å². The Morgan fingerprint density at radius 1 is 1.06 bits per heavy atom. The number of anilines is 1. The normalized spacial score (nSPS) is 13.1. The highest BCUT2D eigenvalue weighted by Crippen LogP contribution is 2.18. The maximum atomic E-state index is 9.49. The molecule has 1 heterocycles. The Balaban J connectivity index is 2.83. The molecule has 18 heavy (non-hydrogen) atoms. The van der Waals surface area contributed by atoms with E-state index in [1.54, 1.807) is 13.1 Å². The molecule has 1 unspecified atom stereocenters. The summed E-state index contributed by atoms with van der Waals surface area (Å²) in [6, 6.07) is 3.97. The van der Waals surface area contributed by atoms with E-state index in [1.165, 1.54) is 0 Å². The van der Waals surface area contributed by atoms with Crippen LogP contribution in [0.5, 0.6) is 0 Å². The third-order valence-electron chi connectivity index (χ3n) is 2.75. The highest BCUT2D eigenvalue weighted by atomic mass is 16.3. The van der Waals surface area contributed by atoms with Crippen molar-refractivity contribution in [3.8, 4) is 0 Å². The van der Waals surface area contributed by atoms with E-state index in [2.05, 4.69) is 37.6 Å². The molecule has 1 atom stereocenters. The van der Waals surface area contributed by atoms with Gasteiger partial charge in [-0.1, -0.05) is 33.8 Å². The number of aliphatic hydroxyl groups excluding tert-OH is 1. The summed E-state index contributed by atoms with van der Waals surface area (Å²) in [6.07, 6.45) is 1.32. The van der Waals surface area contributed by atoms with Crippen molar-refractivity contribution in [2.24, 2.45) is 11.8 Å². The molecule has 0 aliphatic carbocycles. The number of nitrogens with zero attached hydrogens (tertiary/aromatic N) is 2. The van der Waals surface area contributed by atoms with E-state index in [0.717, 1.165) is 24.5 Å². The lowest BCUT2D eigenvalue weighted by atomic mass is 10.1. The van der Waals surface area contributed by atoms with Crippen molar-refractivity contribution >= 4 is 5.82 Å². The lowest BCUT2D eigenvalue weighted by Gasteiger charge is -2.27. The fraction of sp³-hybridized carbons (Fsp3) is 0.667. The number of hydrogen-bond donors (Lipinski definition) is 1. The number of hydrogen-bond acceptors (Lipinski definition) is 3. The molecule has 1 rings (SSSR count). The van der Waals surface area contributed by atoms with Crippen molar-refractivity contribution in [2.75, 3.05) is 18.0 Å². The van der Waals surface area contributed by atoms with Crippen LogP contribution in [-0.2, 0) is 0 Å². The van der Waals surface area contributed by atoms with Crippen LogP contribution in [0.1, 0.15) is 46.3 Å². The van der Waals surface area contributed by atoms with Crippen LogP contribution in [-0.4, -0.2) is 23.2 Å². The van der Waals surface area contributed by atoms with Crippen molar-refractivity contribution in [2.45, 2.75) is 40.7 Å². The monoisotopic (exact) mass is 250 g/mol. The Hall–Kier alpha value is -1.09. The molecule has 0 aromatic carbocycles. The Bertz CT molecular complexity index is 334. The van der Waals surface area contributed by atoms with Crippen molar-refractivity contribution in [1.82, 2.24) is 4.98 Å². The van der Waals surface area contributed by atoms with Gasteiger partial charge in [-0.2, -0.15) is 0 Å². The summed E-state index contributed by atoms with van der Waals surface area (Å²) >= 11 is 0. The summed E-state index contributed by atoms with van der Waals surface area (Å²) in [5.74, 6) is 2.23. The Kier molecular flexibility index (Phi) is 5.60. The predicted molar refractivity (Wildman–Crippen MR) is 76.8 cm³/mol. The first-order valence-electron chi connectivity index (χ1n) is 6.79. The fourth-order valence-electron chi connectivity index (χ4n) is 1.97. The van der Waals surface area contributed by atoms with E-state index in [4.69, 9.17) is 0 Å². The van der Waals surface area contributed by atoms with E-state index in [0.29, 0.717) is 11.8 Å². The van der Waals surface area contributed by atoms with Crippen LogP contribution < -0.4 is 4.90 Å². The summed E-state index contributed by atoms with van der Waals surface area (Å²) < 4.78 is 0. The molecule has 3 nitrogen and oxygen atoms in total. The van der Waals surface area contributed by atoms with Crippen LogP contribution in [0.3, 0.4) is 0 Å². The molecule has 0 spiro atoms. The second kappa shape index (κ2) is 6.74. The molecule has 0 saturated heterocycles. The second-order valence-electron chi connectivity index (χ2n) is 5.82. The first-order valence-corrected chi connectivity index (χ1v) is 6.79. The SMILES string of the molecule is CC(C)CN(CC(C)C)c1ccc(C(C)O)cn1. The minimum atomic E-state index is -0.449. The van der Waals surface area contributed by atoms with Crippen molar-refractivity contribution < 1.29 is 5.11 Å². The zero-order chi connectivity index (χ0) is 13.7. The van der Waals surface area contributed by atoms with Gasteiger partial charge >= 0.3 is 0 Å². The minimum Gasteiger partial charge on any atom is -0.389 e. The highest BCUT2D eigenvalue weighted by molar-refractivity contribution is 5.39. The van der Waals surface area contributed by atoms with E-state index in [-0.39, 0.29) is 0 Å². The molecular weight excluding hydrogens is 224 g/mol. The molecule has 0 bridgehead atoms. The topological polar surface area (TPSA) is 36.4 Å². The number of pyridine rings is 1. The summed E-state index contributed by atoms with van der Waals surface area (Å²) in [7, 11) is 0. The van der Waals surface area contributed by atoms with E-state index in [1.807, 2.05) is 12.1 Å². The molecule has 0 saturated carbocycles. The molecule has 1 aromatic heterocycles. The van der Waals surface area contributed by atoms with Gasteiger partial charge in [0, 0.05) is 19.3 Å². The average Bonchev–Trinajstić information content (AvgIpc) is 2.27. The van der Waals surface area contributed by atoms with Gasteiger partial charge < -0.3 is 10.0 Å². The molecule has 0 fully saturated rings. The molecule has 0 aliphatic rings. The number of aliphatic hydroxyl groups is 1. The molecule has 0 amide bonds. The zero-order valence-corrected chi connectivity index (χ0v) is 12.2. The van der Waals surface area contributed by atoms with E-state index >= 15 is 0 Å². The van der Waals surface area contributed by atoms with E-state index in [9.17, 15) is 5.11 Å². The van der Waals surface area contributed by atoms with Crippen molar-refractivity contribution in [1.29, 1.82) is 0 Å². The maximum Gasteiger partial charge on any atom is 0.128 e. The Labute approximate surface area is 111 Å². The molecule has 3 heteroatoms. The van der Waals surface area contributed by atoms with Gasteiger partial charge in [0.1, 0.15) is 5.82 Å². The fourth-order valence-corrected chi connectivity index (χ4v) is 1.97. The first kappa shape index (κ1) is 15.0. The first-order chi connectivity index (χ1) is 8.40.